The summed E-state index contributed by atoms with van der Waals surface area (Å²) < 4.78 is 5.58. The predicted molar refractivity (Wildman–Crippen MR) is 66.1 cm³/mol. The lowest BCUT2D eigenvalue weighted by Gasteiger charge is -2.35. The van der Waals surface area contributed by atoms with E-state index in [4.69, 9.17) is 4.74 Å². The second-order valence-corrected chi connectivity index (χ2v) is 5.04. The van der Waals surface area contributed by atoms with Gasteiger partial charge in [-0.3, -0.25) is 0 Å². The van der Waals surface area contributed by atoms with Crippen LogP contribution < -0.4 is 5.32 Å². The molecule has 3 rings (SSSR count). The molecule has 0 amide bonds. The van der Waals surface area contributed by atoms with Crippen molar-refractivity contribution in [2.24, 2.45) is 5.92 Å². The highest BCUT2D eigenvalue weighted by Crippen LogP contribution is 2.34. The van der Waals surface area contributed by atoms with E-state index in [-0.39, 0.29) is 0 Å². The van der Waals surface area contributed by atoms with Gasteiger partial charge in [-0.1, -0.05) is 6.07 Å². The Bertz CT molecular complexity index is 399. The largest absolute Gasteiger partial charge is 0.508 e. The van der Waals surface area contributed by atoms with Crippen LogP contribution in [-0.4, -0.2) is 24.9 Å². The molecule has 1 aromatic carbocycles. The molecule has 2 aliphatic heterocycles. The number of phenols is 1. The van der Waals surface area contributed by atoms with Crippen LogP contribution in [0.15, 0.2) is 18.2 Å². The van der Waals surface area contributed by atoms with Crippen molar-refractivity contribution in [1.29, 1.82) is 0 Å². The molecule has 1 saturated heterocycles. The van der Waals surface area contributed by atoms with Gasteiger partial charge in [-0.2, -0.15) is 0 Å². The second kappa shape index (κ2) is 4.67. The lowest BCUT2D eigenvalue weighted by atomic mass is 9.83. The Morgan fingerprint density at radius 1 is 1.35 bits per heavy atom. The molecule has 2 atom stereocenters. The summed E-state index contributed by atoms with van der Waals surface area (Å²) in [7, 11) is 0. The maximum absolute atomic E-state index is 9.65. The number of aromatic hydroxyl groups is 1. The molecule has 1 fully saturated rings. The van der Waals surface area contributed by atoms with Crippen LogP contribution in [0.2, 0.25) is 0 Å². The van der Waals surface area contributed by atoms with Crippen LogP contribution in [0.4, 0.5) is 0 Å². The number of ether oxygens (including phenoxy) is 1. The molecule has 2 aliphatic rings. The molecule has 2 unspecified atom stereocenters. The van der Waals surface area contributed by atoms with Crippen molar-refractivity contribution in [1.82, 2.24) is 5.32 Å². The van der Waals surface area contributed by atoms with E-state index < -0.39 is 0 Å². The number of hydrogen-bond donors (Lipinski definition) is 2. The zero-order chi connectivity index (χ0) is 11.7. The highest BCUT2D eigenvalue weighted by molar-refractivity contribution is 5.39. The third-order valence-corrected chi connectivity index (χ3v) is 3.89. The van der Waals surface area contributed by atoms with Gasteiger partial charge in [0, 0.05) is 18.6 Å². The maximum atomic E-state index is 9.65. The fourth-order valence-corrected chi connectivity index (χ4v) is 3.02. The van der Waals surface area contributed by atoms with Crippen LogP contribution in [-0.2, 0) is 11.2 Å². The minimum Gasteiger partial charge on any atom is -0.508 e. The average Bonchev–Trinajstić information content (AvgIpc) is 2.39. The number of benzene rings is 1. The van der Waals surface area contributed by atoms with E-state index in [1.165, 1.54) is 17.5 Å². The number of fused-ring (bicyclic) bond motifs is 1. The summed E-state index contributed by atoms with van der Waals surface area (Å²) >= 11 is 0. The molecule has 1 aromatic rings. The molecule has 0 aromatic heterocycles. The average molecular weight is 233 g/mol. The lowest BCUT2D eigenvalue weighted by molar-refractivity contribution is 0.0380. The van der Waals surface area contributed by atoms with Gasteiger partial charge in [0.1, 0.15) is 5.75 Å². The first-order chi connectivity index (χ1) is 8.34. The van der Waals surface area contributed by atoms with Crippen LogP contribution in [0.25, 0.3) is 0 Å². The van der Waals surface area contributed by atoms with Crippen molar-refractivity contribution in [3.05, 3.63) is 29.3 Å². The summed E-state index contributed by atoms with van der Waals surface area (Å²) in [5, 5.41) is 13.2. The summed E-state index contributed by atoms with van der Waals surface area (Å²) in [6.45, 7) is 2.77. The SMILES string of the molecule is Oc1ccc2c(c1)C(C1CCCOC1)NCC2. The Kier molecular flexibility index (Phi) is 3.04. The van der Waals surface area contributed by atoms with Crippen LogP contribution in [0.3, 0.4) is 0 Å². The van der Waals surface area contributed by atoms with Gasteiger partial charge in [-0.05, 0) is 49.1 Å². The van der Waals surface area contributed by atoms with Gasteiger partial charge in [0.2, 0.25) is 0 Å². The van der Waals surface area contributed by atoms with E-state index in [2.05, 4.69) is 11.4 Å². The molecule has 92 valence electrons. The topological polar surface area (TPSA) is 41.5 Å². The highest BCUT2D eigenvalue weighted by atomic mass is 16.5. The van der Waals surface area contributed by atoms with E-state index in [0.29, 0.717) is 17.7 Å². The Hall–Kier alpha value is -1.06. The Balaban J connectivity index is 1.89. The quantitative estimate of drug-likeness (QED) is 0.779. The number of hydrogen-bond acceptors (Lipinski definition) is 3. The van der Waals surface area contributed by atoms with Crippen LogP contribution >= 0.6 is 0 Å². The molecule has 17 heavy (non-hydrogen) atoms. The minimum absolute atomic E-state index is 0.353. The summed E-state index contributed by atoms with van der Waals surface area (Å²) in [4.78, 5) is 0. The second-order valence-electron chi connectivity index (χ2n) is 5.04. The molecule has 2 N–H and O–H groups in total. The van der Waals surface area contributed by atoms with Crippen molar-refractivity contribution < 1.29 is 9.84 Å². The molecular formula is C14H19NO2. The Labute approximate surface area is 102 Å². The zero-order valence-electron chi connectivity index (χ0n) is 9.98. The van der Waals surface area contributed by atoms with Gasteiger partial charge in [0.05, 0.1) is 6.61 Å². The first kappa shape index (κ1) is 11.1. The van der Waals surface area contributed by atoms with E-state index in [9.17, 15) is 5.11 Å². The molecule has 3 nitrogen and oxygen atoms in total. The van der Waals surface area contributed by atoms with Crippen LogP contribution in [0.5, 0.6) is 5.75 Å². The Morgan fingerprint density at radius 2 is 2.29 bits per heavy atom. The maximum Gasteiger partial charge on any atom is 0.115 e. The highest BCUT2D eigenvalue weighted by Gasteiger charge is 2.29. The van der Waals surface area contributed by atoms with Gasteiger partial charge in [-0.25, -0.2) is 0 Å². The third kappa shape index (κ3) is 2.17. The van der Waals surface area contributed by atoms with Crippen LogP contribution in [0.1, 0.15) is 30.0 Å². The van der Waals surface area contributed by atoms with E-state index >= 15 is 0 Å². The summed E-state index contributed by atoms with van der Waals surface area (Å²) in [5.74, 6) is 0.916. The molecule has 3 heteroatoms. The first-order valence-electron chi connectivity index (χ1n) is 6.47. The van der Waals surface area contributed by atoms with Gasteiger partial charge < -0.3 is 15.2 Å². The third-order valence-electron chi connectivity index (χ3n) is 3.89. The molecule has 0 saturated carbocycles. The lowest BCUT2D eigenvalue weighted by Crippen LogP contribution is -2.38. The zero-order valence-corrected chi connectivity index (χ0v) is 9.98. The van der Waals surface area contributed by atoms with Crippen molar-refractivity contribution in [2.45, 2.75) is 25.3 Å². The standard InChI is InChI=1S/C14H19NO2/c16-12-4-3-10-5-6-15-14(13(10)8-12)11-2-1-7-17-9-11/h3-4,8,11,14-16H,1-2,5-7,9H2. The van der Waals surface area contributed by atoms with E-state index in [1.54, 1.807) is 6.07 Å². The van der Waals surface area contributed by atoms with Crippen molar-refractivity contribution in [3.8, 4) is 5.75 Å². The molecule has 2 heterocycles. The van der Waals surface area contributed by atoms with Crippen LogP contribution in [0, 0.1) is 5.92 Å². The summed E-state index contributed by atoms with van der Waals surface area (Å²) in [5.41, 5.74) is 2.64. The Morgan fingerprint density at radius 3 is 3.12 bits per heavy atom. The van der Waals surface area contributed by atoms with E-state index in [0.717, 1.165) is 32.6 Å². The monoisotopic (exact) mass is 233 g/mol. The van der Waals surface area contributed by atoms with E-state index in [1.807, 2.05) is 6.07 Å². The van der Waals surface area contributed by atoms with Gasteiger partial charge in [-0.15, -0.1) is 0 Å². The minimum atomic E-state index is 0.353. The smallest absolute Gasteiger partial charge is 0.115 e. The first-order valence-corrected chi connectivity index (χ1v) is 6.47. The fourth-order valence-electron chi connectivity index (χ4n) is 3.02. The molecule has 0 spiro atoms. The summed E-state index contributed by atoms with van der Waals surface area (Å²) in [6, 6.07) is 6.12. The predicted octanol–water partition coefficient (Wildman–Crippen LogP) is 2.01. The molecule has 0 aliphatic carbocycles. The number of phenolic OH excluding ortho intramolecular Hbond substituents is 1. The van der Waals surface area contributed by atoms with Crippen molar-refractivity contribution in [3.63, 3.8) is 0 Å². The molecular weight excluding hydrogens is 214 g/mol. The van der Waals surface area contributed by atoms with Crippen molar-refractivity contribution >= 4 is 0 Å². The number of rotatable bonds is 1. The molecule has 0 radical (unpaired) electrons. The number of nitrogens with one attached hydrogen (secondary N) is 1. The molecule has 0 bridgehead atoms. The fraction of sp³-hybridized carbons (Fsp3) is 0.571. The van der Waals surface area contributed by atoms with Crippen molar-refractivity contribution in [2.75, 3.05) is 19.8 Å². The van der Waals surface area contributed by atoms with Gasteiger partial charge >= 0.3 is 0 Å². The summed E-state index contributed by atoms with van der Waals surface area (Å²) in [6.07, 6.45) is 3.42. The normalized spacial score (nSPS) is 28.7. The van der Waals surface area contributed by atoms with Gasteiger partial charge in [0.25, 0.3) is 0 Å². The van der Waals surface area contributed by atoms with Gasteiger partial charge in [0.15, 0.2) is 0 Å².